The van der Waals surface area contributed by atoms with Gasteiger partial charge in [0.2, 0.25) is 0 Å². The highest BCUT2D eigenvalue weighted by molar-refractivity contribution is 7.31. The summed E-state index contributed by atoms with van der Waals surface area (Å²) in [5.74, 6) is 0.363. The van der Waals surface area contributed by atoms with E-state index in [0.717, 1.165) is 0 Å². The molecule has 0 aliphatic rings. The number of fused-ring (bicyclic) bond motifs is 1. The van der Waals surface area contributed by atoms with Crippen molar-refractivity contribution in [2.75, 3.05) is 12.1 Å². The number of ether oxygens (including phenoxy) is 1. The van der Waals surface area contributed by atoms with Crippen LogP contribution < -0.4 is 5.73 Å². The summed E-state index contributed by atoms with van der Waals surface area (Å²) in [4.78, 5) is 12.2. The molecule has 0 saturated carbocycles. The van der Waals surface area contributed by atoms with Crippen molar-refractivity contribution < 1.29 is 14.7 Å². The Kier molecular flexibility index (Phi) is 6.48. The predicted molar refractivity (Wildman–Crippen MR) is 78.3 cm³/mol. The average Bonchev–Trinajstić information content (AvgIpc) is 2.74. The van der Waals surface area contributed by atoms with Crippen molar-refractivity contribution in [2.45, 2.75) is 19.6 Å². The molecular formula is C9H17N5O3P2. The molecule has 0 aliphatic carbocycles. The molecule has 19 heavy (non-hydrogen) atoms. The van der Waals surface area contributed by atoms with Crippen molar-refractivity contribution in [3.05, 3.63) is 12.7 Å². The molecule has 0 aromatic carbocycles. The van der Waals surface area contributed by atoms with Crippen LogP contribution in [0.1, 0.15) is 6.92 Å². The zero-order chi connectivity index (χ0) is 13.0. The Balaban J connectivity index is 0.00000180. The van der Waals surface area contributed by atoms with Gasteiger partial charge in [0.1, 0.15) is 11.8 Å². The van der Waals surface area contributed by atoms with E-state index in [1.807, 2.05) is 11.5 Å². The second-order valence-corrected chi connectivity index (χ2v) is 4.45. The first-order valence-corrected chi connectivity index (χ1v) is 6.40. The predicted octanol–water partition coefficient (Wildman–Crippen LogP) is 0.912. The molecular weight excluding hydrogens is 288 g/mol. The number of nitrogens with two attached hydrogens (primary N) is 1. The van der Waals surface area contributed by atoms with E-state index < -0.39 is 0 Å². The summed E-state index contributed by atoms with van der Waals surface area (Å²) < 4.78 is 11.2. The largest absolute Gasteiger partial charge is 0.382 e. The molecule has 2 heterocycles. The third-order valence-electron chi connectivity index (χ3n) is 2.37. The summed E-state index contributed by atoms with van der Waals surface area (Å²) in [6.07, 6.45) is 3.35. The number of anilines is 1. The van der Waals surface area contributed by atoms with Crippen LogP contribution in [0.3, 0.4) is 0 Å². The van der Waals surface area contributed by atoms with Gasteiger partial charge in [-0.3, -0.25) is 0 Å². The van der Waals surface area contributed by atoms with Gasteiger partial charge in [0.15, 0.2) is 11.5 Å². The minimum Gasteiger partial charge on any atom is -0.382 e. The maximum absolute atomic E-state index is 8.19. The summed E-state index contributed by atoms with van der Waals surface area (Å²) in [6, 6.07) is 0. The Hall–Kier alpha value is -0.910. The second kappa shape index (κ2) is 7.62. The van der Waals surface area contributed by atoms with Crippen molar-refractivity contribution in [1.82, 2.24) is 19.5 Å². The standard InChI is InChI=1S/C9H14N5O3P.H3P/c1-6(16-5-18-17-15)2-14-4-13-7-8(10)11-3-12-9(7)14;/h3-4,6,15,18H,2,5H2,1H3,(H2,10,11,12);1H3. The van der Waals surface area contributed by atoms with E-state index in [2.05, 4.69) is 19.6 Å². The van der Waals surface area contributed by atoms with Crippen molar-refractivity contribution in [1.29, 1.82) is 0 Å². The molecule has 10 heteroatoms. The normalized spacial score (nSPS) is 12.9. The minimum absolute atomic E-state index is 0. The molecule has 2 rings (SSSR count). The highest BCUT2D eigenvalue weighted by Crippen LogP contribution is 2.16. The van der Waals surface area contributed by atoms with Crippen molar-refractivity contribution in [2.24, 2.45) is 0 Å². The Morgan fingerprint density at radius 2 is 2.26 bits per heavy atom. The van der Waals surface area contributed by atoms with Gasteiger partial charge < -0.3 is 15.0 Å². The van der Waals surface area contributed by atoms with Gasteiger partial charge in [-0.15, -0.1) is 0 Å². The first-order valence-electron chi connectivity index (χ1n) is 5.28. The fourth-order valence-corrected chi connectivity index (χ4v) is 1.97. The first-order chi connectivity index (χ1) is 8.72. The van der Waals surface area contributed by atoms with Gasteiger partial charge in [-0.2, -0.15) is 9.90 Å². The number of nitrogens with zero attached hydrogens (tertiary/aromatic N) is 4. The molecule has 0 aliphatic heterocycles. The van der Waals surface area contributed by atoms with E-state index in [4.69, 9.17) is 15.7 Å². The lowest BCUT2D eigenvalue weighted by Gasteiger charge is -2.13. The first kappa shape index (κ1) is 16.1. The third kappa shape index (κ3) is 4.03. The van der Waals surface area contributed by atoms with Crippen molar-refractivity contribution >= 4 is 35.7 Å². The highest BCUT2D eigenvalue weighted by Gasteiger charge is 2.10. The van der Waals surface area contributed by atoms with Gasteiger partial charge in [0.25, 0.3) is 0 Å². The van der Waals surface area contributed by atoms with Crippen LogP contribution in [0, 0.1) is 0 Å². The van der Waals surface area contributed by atoms with E-state index in [1.165, 1.54) is 6.33 Å². The topological polar surface area (TPSA) is 108 Å². The quantitative estimate of drug-likeness (QED) is 0.353. The smallest absolute Gasteiger partial charge is 0.165 e. The van der Waals surface area contributed by atoms with E-state index >= 15 is 0 Å². The van der Waals surface area contributed by atoms with Gasteiger partial charge in [-0.25, -0.2) is 24.9 Å². The van der Waals surface area contributed by atoms with E-state index in [0.29, 0.717) is 29.9 Å². The maximum atomic E-state index is 8.19. The van der Waals surface area contributed by atoms with Crippen LogP contribution >= 0.6 is 18.7 Å². The van der Waals surface area contributed by atoms with E-state index in [9.17, 15) is 0 Å². The molecule has 0 radical (unpaired) electrons. The summed E-state index contributed by atoms with van der Waals surface area (Å²) >= 11 is 0. The fourth-order valence-electron chi connectivity index (χ4n) is 1.56. The van der Waals surface area contributed by atoms with Crippen molar-refractivity contribution in [3.8, 4) is 0 Å². The molecule has 8 nitrogen and oxygen atoms in total. The van der Waals surface area contributed by atoms with Gasteiger partial charge >= 0.3 is 0 Å². The lowest BCUT2D eigenvalue weighted by molar-refractivity contribution is -0.125. The molecule has 0 amide bonds. The molecule has 106 valence electrons. The summed E-state index contributed by atoms with van der Waals surface area (Å²) in [7, 11) is -0.0820. The van der Waals surface area contributed by atoms with Gasteiger partial charge in [0.05, 0.1) is 34.1 Å². The van der Waals surface area contributed by atoms with Gasteiger partial charge in [-0.05, 0) is 6.92 Å². The molecule has 3 N–H and O–H groups in total. The molecule has 0 spiro atoms. The second-order valence-electron chi connectivity index (χ2n) is 3.69. The zero-order valence-electron chi connectivity index (χ0n) is 10.5. The number of aromatic nitrogens is 4. The number of rotatable bonds is 6. The zero-order valence-corrected chi connectivity index (χ0v) is 12.9. The monoisotopic (exact) mass is 305 g/mol. The molecule has 0 bridgehead atoms. The lowest BCUT2D eigenvalue weighted by atomic mass is 10.4. The summed E-state index contributed by atoms with van der Waals surface area (Å²) in [5.41, 5.74) is 6.96. The molecule has 2 aromatic rings. The maximum Gasteiger partial charge on any atom is 0.165 e. The SMILES string of the molecule is CC(Cn1cnc2c(N)ncnc21)OCPOO.P. The van der Waals surface area contributed by atoms with Crippen molar-refractivity contribution in [3.63, 3.8) is 0 Å². The highest BCUT2D eigenvalue weighted by atomic mass is 31.1. The van der Waals surface area contributed by atoms with Crippen LogP contribution in [0.2, 0.25) is 0 Å². The summed E-state index contributed by atoms with van der Waals surface area (Å²) in [5, 5.41) is 8.19. The number of hydrogen-bond acceptors (Lipinski definition) is 7. The average molecular weight is 305 g/mol. The van der Waals surface area contributed by atoms with Crippen LogP contribution in [0.4, 0.5) is 5.82 Å². The number of nitrogen functional groups attached to an aromatic ring is 1. The third-order valence-corrected chi connectivity index (χ3v) is 2.79. The Morgan fingerprint density at radius 1 is 1.47 bits per heavy atom. The molecule has 0 fully saturated rings. The minimum atomic E-state index is -0.0820. The van der Waals surface area contributed by atoms with E-state index in [1.54, 1.807) is 6.33 Å². The van der Waals surface area contributed by atoms with Gasteiger partial charge in [0, 0.05) is 0 Å². The number of imidazole rings is 1. The molecule has 0 saturated heterocycles. The van der Waals surface area contributed by atoms with Crippen LogP contribution in [-0.4, -0.2) is 37.2 Å². The van der Waals surface area contributed by atoms with E-state index in [-0.39, 0.29) is 24.8 Å². The Morgan fingerprint density at radius 3 is 3.00 bits per heavy atom. The Bertz CT molecular complexity index is 524. The molecule has 3 atom stereocenters. The van der Waals surface area contributed by atoms with Crippen LogP contribution in [0.15, 0.2) is 12.7 Å². The van der Waals surface area contributed by atoms with Crippen LogP contribution in [0.5, 0.6) is 0 Å². The molecule has 2 aromatic heterocycles. The summed E-state index contributed by atoms with van der Waals surface area (Å²) in [6.45, 7) is 2.50. The van der Waals surface area contributed by atoms with Crippen LogP contribution in [0.25, 0.3) is 11.2 Å². The fraction of sp³-hybridized carbons (Fsp3) is 0.444. The molecule has 3 unspecified atom stereocenters. The number of hydrogen-bond donors (Lipinski definition) is 2. The van der Waals surface area contributed by atoms with Crippen LogP contribution in [-0.2, 0) is 16.0 Å². The Labute approximate surface area is 115 Å². The lowest BCUT2D eigenvalue weighted by Crippen LogP contribution is -2.16. The van der Waals surface area contributed by atoms with Gasteiger partial charge in [-0.1, -0.05) is 0 Å².